The fourth-order valence-corrected chi connectivity index (χ4v) is 3.32. The van der Waals surface area contributed by atoms with Gasteiger partial charge in [-0.05, 0) is 49.2 Å². The molecular formula is C21H29N5O2. The maximum absolute atomic E-state index is 11.1. The van der Waals surface area contributed by atoms with Gasteiger partial charge in [0.2, 0.25) is 0 Å². The summed E-state index contributed by atoms with van der Waals surface area (Å²) in [5, 5.41) is 6.44. The maximum Gasteiger partial charge on any atom is 0.284 e. The first kappa shape index (κ1) is 19.9. The molecule has 0 aliphatic carbocycles. The van der Waals surface area contributed by atoms with Crippen molar-refractivity contribution in [3.05, 3.63) is 59.0 Å². The molecule has 0 bridgehead atoms. The molecule has 3 rings (SSSR count). The predicted molar refractivity (Wildman–Crippen MR) is 110 cm³/mol. The Bertz CT molecular complexity index is 791. The van der Waals surface area contributed by atoms with Crippen molar-refractivity contribution in [2.24, 2.45) is 10.7 Å². The molecule has 7 nitrogen and oxygen atoms in total. The summed E-state index contributed by atoms with van der Waals surface area (Å²) in [6.07, 6.45) is 3.99. The van der Waals surface area contributed by atoms with Crippen LogP contribution in [0.5, 0.6) is 0 Å². The molecule has 0 saturated carbocycles. The Kier molecular flexibility index (Phi) is 7.08. The number of hydrogen-bond acceptors (Lipinski definition) is 4. The van der Waals surface area contributed by atoms with Gasteiger partial charge in [-0.15, -0.1) is 0 Å². The smallest absolute Gasteiger partial charge is 0.284 e. The Hall–Kier alpha value is -2.80. The summed E-state index contributed by atoms with van der Waals surface area (Å²) in [4.78, 5) is 17.8. The summed E-state index contributed by atoms with van der Waals surface area (Å²) in [5.41, 5.74) is 7.74. The number of carbonyl (C=O) groups excluding carboxylic acids is 1. The van der Waals surface area contributed by atoms with Gasteiger partial charge < -0.3 is 20.8 Å². The molecule has 150 valence electrons. The molecule has 2 heterocycles. The third-order valence-electron chi connectivity index (χ3n) is 4.90. The Morgan fingerprint density at radius 1 is 1.04 bits per heavy atom. The van der Waals surface area contributed by atoms with E-state index in [1.807, 2.05) is 0 Å². The number of nitrogens with zero attached hydrogens (tertiary/aromatic N) is 2. The van der Waals surface area contributed by atoms with Crippen LogP contribution in [0.2, 0.25) is 0 Å². The number of rotatable bonds is 7. The van der Waals surface area contributed by atoms with E-state index in [0.717, 1.165) is 6.54 Å². The third-order valence-corrected chi connectivity index (χ3v) is 4.90. The van der Waals surface area contributed by atoms with E-state index in [1.165, 1.54) is 43.5 Å². The lowest BCUT2D eigenvalue weighted by molar-refractivity contribution is 0.0972. The lowest BCUT2D eigenvalue weighted by atomic mass is 10.1. The van der Waals surface area contributed by atoms with Gasteiger partial charge in [-0.25, -0.2) is 0 Å². The summed E-state index contributed by atoms with van der Waals surface area (Å²) in [6, 6.07) is 12.0. The van der Waals surface area contributed by atoms with Crippen LogP contribution < -0.4 is 16.4 Å². The topological polar surface area (TPSA) is 95.9 Å². The molecule has 1 fully saturated rings. The first-order valence-corrected chi connectivity index (χ1v) is 9.77. The molecule has 1 aliphatic heterocycles. The summed E-state index contributed by atoms with van der Waals surface area (Å²) >= 11 is 0. The van der Waals surface area contributed by atoms with E-state index in [0.29, 0.717) is 24.8 Å². The number of aliphatic imine (C=N–C) groups is 1. The van der Waals surface area contributed by atoms with Crippen LogP contribution in [-0.4, -0.2) is 36.9 Å². The fraction of sp³-hybridized carbons (Fsp3) is 0.429. The number of guanidine groups is 1. The summed E-state index contributed by atoms with van der Waals surface area (Å²) in [5.74, 6) is 0.870. The van der Waals surface area contributed by atoms with Gasteiger partial charge in [-0.2, -0.15) is 0 Å². The van der Waals surface area contributed by atoms with Crippen LogP contribution in [0.4, 0.5) is 0 Å². The number of primary amides is 1. The number of nitrogens with two attached hydrogens (primary N) is 1. The lowest BCUT2D eigenvalue weighted by Gasteiger charge is -2.26. The minimum absolute atomic E-state index is 0.157. The number of furan rings is 1. The standard InChI is InChI=1S/C21H29N5O2/c1-23-21(25-14-18-9-10-19(28-18)20(22)27)24-13-16-5-7-17(8-6-16)15-26-11-3-2-4-12-26/h5-10H,2-4,11-15H2,1H3,(H2,22,27)(H2,23,24,25). The highest BCUT2D eigenvalue weighted by molar-refractivity contribution is 5.89. The van der Waals surface area contributed by atoms with Crippen molar-refractivity contribution >= 4 is 11.9 Å². The molecule has 28 heavy (non-hydrogen) atoms. The van der Waals surface area contributed by atoms with Crippen molar-refractivity contribution in [3.63, 3.8) is 0 Å². The highest BCUT2D eigenvalue weighted by Crippen LogP contribution is 2.13. The molecule has 7 heteroatoms. The number of nitrogens with one attached hydrogen (secondary N) is 2. The van der Waals surface area contributed by atoms with Gasteiger partial charge in [0.15, 0.2) is 11.7 Å². The minimum Gasteiger partial charge on any atom is -0.454 e. The van der Waals surface area contributed by atoms with Gasteiger partial charge in [0, 0.05) is 20.1 Å². The van der Waals surface area contributed by atoms with E-state index in [-0.39, 0.29) is 5.76 Å². The van der Waals surface area contributed by atoms with Crippen LogP contribution in [0.1, 0.15) is 46.7 Å². The highest BCUT2D eigenvalue weighted by Gasteiger charge is 2.10. The number of piperidine rings is 1. The first-order valence-electron chi connectivity index (χ1n) is 9.77. The SMILES string of the molecule is CN=C(NCc1ccc(CN2CCCCC2)cc1)NCc1ccc(C(N)=O)o1. The van der Waals surface area contributed by atoms with E-state index in [9.17, 15) is 4.79 Å². The second-order valence-corrected chi connectivity index (χ2v) is 7.06. The van der Waals surface area contributed by atoms with E-state index in [1.54, 1.807) is 19.2 Å². The van der Waals surface area contributed by atoms with Gasteiger partial charge in [-0.3, -0.25) is 14.7 Å². The average Bonchev–Trinajstić information content (AvgIpc) is 3.19. The second kappa shape index (κ2) is 9.94. The predicted octanol–water partition coefficient (Wildman–Crippen LogP) is 2.23. The number of carbonyl (C=O) groups is 1. The Labute approximate surface area is 166 Å². The molecule has 1 aromatic heterocycles. The molecule has 0 unspecified atom stereocenters. The molecule has 2 aromatic rings. The fourth-order valence-electron chi connectivity index (χ4n) is 3.32. The lowest BCUT2D eigenvalue weighted by Crippen LogP contribution is -2.36. The Morgan fingerprint density at radius 3 is 2.36 bits per heavy atom. The van der Waals surface area contributed by atoms with Gasteiger partial charge in [0.25, 0.3) is 5.91 Å². The molecule has 0 atom stereocenters. The maximum atomic E-state index is 11.1. The monoisotopic (exact) mass is 383 g/mol. The summed E-state index contributed by atoms with van der Waals surface area (Å²) in [7, 11) is 1.72. The largest absolute Gasteiger partial charge is 0.454 e. The highest BCUT2D eigenvalue weighted by atomic mass is 16.3. The van der Waals surface area contributed by atoms with Crippen LogP contribution in [0.25, 0.3) is 0 Å². The third kappa shape index (κ3) is 5.85. The van der Waals surface area contributed by atoms with Crippen LogP contribution in [0, 0.1) is 0 Å². The number of likely N-dealkylation sites (tertiary alicyclic amines) is 1. The van der Waals surface area contributed by atoms with Crippen molar-refractivity contribution in [3.8, 4) is 0 Å². The van der Waals surface area contributed by atoms with Gasteiger partial charge in [0.05, 0.1) is 6.54 Å². The quantitative estimate of drug-likeness (QED) is 0.503. The van der Waals surface area contributed by atoms with Gasteiger partial charge in [-0.1, -0.05) is 30.7 Å². The summed E-state index contributed by atoms with van der Waals surface area (Å²) in [6.45, 7) is 4.55. The molecule has 4 N–H and O–H groups in total. The van der Waals surface area contributed by atoms with Crippen molar-refractivity contribution in [2.45, 2.75) is 38.9 Å². The molecule has 1 aromatic carbocycles. The summed E-state index contributed by atoms with van der Waals surface area (Å²) < 4.78 is 5.35. The zero-order chi connectivity index (χ0) is 19.8. The molecule has 1 amide bonds. The molecule has 0 radical (unpaired) electrons. The van der Waals surface area contributed by atoms with Crippen LogP contribution in [0.15, 0.2) is 45.8 Å². The van der Waals surface area contributed by atoms with E-state index >= 15 is 0 Å². The number of hydrogen-bond donors (Lipinski definition) is 3. The average molecular weight is 383 g/mol. The molecular weight excluding hydrogens is 354 g/mol. The molecule has 1 aliphatic rings. The minimum atomic E-state index is -0.572. The van der Waals surface area contributed by atoms with E-state index in [2.05, 4.69) is 44.8 Å². The number of amides is 1. The van der Waals surface area contributed by atoms with E-state index in [4.69, 9.17) is 10.2 Å². The number of benzene rings is 1. The van der Waals surface area contributed by atoms with E-state index < -0.39 is 5.91 Å². The first-order chi connectivity index (χ1) is 13.6. The van der Waals surface area contributed by atoms with Crippen LogP contribution in [-0.2, 0) is 19.6 Å². The van der Waals surface area contributed by atoms with Crippen LogP contribution in [0.3, 0.4) is 0 Å². The second-order valence-electron chi connectivity index (χ2n) is 7.06. The molecule has 0 spiro atoms. The van der Waals surface area contributed by atoms with Crippen molar-refractivity contribution in [1.29, 1.82) is 0 Å². The normalized spacial score (nSPS) is 15.4. The Balaban J connectivity index is 1.44. The van der Waals surface area contributed by atoms with Crippen molar-refractivity contribution in [2.75, 3.05) is 20.1 Å². The Morgan fingerprint density at radius 2 is 1.71 bits per heavy atom. The van der Waals surface area contributed by atoms with Crippen molar-refractivity contribution in [1.82, 2.24) is 15.5 Å². The zero-order valence-electron chi connectivity index (χ0n) is 16.4. The van der Waals surface area contributed by atoms with Crippen molar-refractivity contribution < 1.29 is 9.21 Å². The van der Waals surface area contributed by atoms with Gasteiger partial charge >= 0.3 is 0 Å². The molecule has 1 saturated heterocycles. The van der Waals surface area contributed by atoms with Gasteiger partial charge in [0.1, 0.15) is 5.76 Å². The zero-order valence-corrected chi connectivity index (χ0v) is 16.4. The van der Waals surface area contributed by atoms with Crippen LogP contribution >= 0.6 is 0 Å².